The lowest BCUT2D eigenvalue weighted by Crippen LogP contribution is -2.28. The molecule has 0 aliphatic carbocycles. The number of nitrogens with zero attached hydrogens (tertiary/aromatic N) is 2. The Hall–Kier alpha value is -1.92. The molecule has 0 bridgehead atoms. The van der Waals surface area contributed by atoms with Gasteiger partial charge in [0.05, 0.1) is 11.3 Å². The first-order valence-corrected chi connectivity index (χ1v) is 6.10. The molecule has 2 rings (SSSR count). The van der Waals surface area contributed by atoms with Crippen LogP contribution < -0.4 is 5.73 Å². The average molecular weight is 287 g/mol. The zero-order valence-electron chi connectivity index (χ0n) is 10.7. The summed E-state index contributed by atoms with van der Waals surface area (Å²) in [6.45, 7) is 1.83. The van der Waals surface area contributed by atoms with Crippen LogP contribution in [0.15, 0.2) is 28.4 Å². The monoisotopic (exact) mass is 287 g/mol. The van der Waals surface area contributed by atoms with Gasteiger partial charge in [0.1, 0.15) is 11.7 Å². The fourth-order valence-electron chi connectivity index (χ4n) is 2.18. The quantitative estimate of drug-likeness (QED) is 0.833. The Bertz CT molecular complexity index is 575. The van der Waals surface area contributed by atoms with Crippen LogP contribution in [0.25, 0.3) is 0 Å². The van der Waals surface area contributed by atoms with Crippen LogP contribution >= 0.6 is 0 Å². The van der Waals surface area contributed by atoms with Crippen molar-refractivity contribution in [2.45, 2.75) is 25.9 Å². The minimum Gasteiger partial charge on any atom is -0.386 e. The van der Waals surface area contributed by atoms with E-state index in [4.69, 9.17) is 5.73 Å². The van der Waals surface area contributed by atoms with Crippen LogP contribution in [0.4, 0.5) is 17.6 Å². The van der Waals surface area contributed by atoms with Crippen LogP contribution in [-0.2, 0) is 6.18 Å². The molecular weight excluding hydrogens is 274 g/mol. The van der Waals surface area contributed by atoms with Crippen molar-refractivity contribution in [2.24, 2.45) is 21.9 Å². The van der Waals surface area contributed by atoms with E-state index in [2.05, 4.69) is 10.2 Å². The first kappa shape index (κ1) is 14.5. The van der Waals surface area contributed by atoms with Crippen LogP contribution in [0.3, 0.4) is 0 Å². The Kier molecular flexibility index (Phi) is 3.78. The molecule has 0 radical (unpaired) electrons. The molecule has 0 aromatic heterocycles. The van der Waals surface area contributed by atoms with Gasteiger partial charge in [0.15, 0.2) is 0 Å². The Morgan fingerprint density at radius 1 is 1.30 bits per heavy atom. The summed E-state index contributed by atoms with van der Waals surface area (Å²) in [5.74, 6) is -0.899. The number of hydrogen-bond acceptors (Lipinski definition) is 3. The Morgan fingerprint density at radius 2 is 2.00 bits per heavy atom. The lowest BCUT2D eigenvalue weighted by Gasteiger charge is -2.22. The molecule has 1 unspecified atom stereocenters. The molecule has 1 heterocycles. The highest BCUT2D eigenvalue weighted by atomic mass is 19.4. The molecule has 1 aromatic rings. The number of amidine groups is 1. The second-order valence-electron chi connectivity index (χ2n) is 4.57. The van der Waals surface area contributed by atoms with Crippen molar-refractivity contribution < 1.29 is 17.6 Å². The summed E-state index contributed by atoms with van der Waals surface area (Å²) in [6.07, 6.45) is -3.72. The van der Waals surface area contributed by atoms with E-state index in [1.165, 1.54) is 0 Å². The Labute approximate surface area is 113 Å². The maximum atomic E-state index is 13.1. The van der Waals surface area contributed by atoms with Gasteiger partial charge in [0.2, 0.25) is 0 Å². The van der Waals surface area contributed by atoms with Gasteiger partial charge in [0.25, 0.3) is 0 Å². The molecule has 7 heteroatoms. The van der Waals surface area contributed by atoms with E-state index in [9.17, 15) is 17.6 Å². The van der Waals surface area contributed by atoms with Crippen molar-refractivity contribution in [1.29, 1.82) is 0 Å². The molecule has 1 aromatic carbocycles. The molecule has 0 spiro atoms. The normalized spacial score (nSPS) is 19.6. The fraction of sp³-hybridized carbons (Fsp3) is 0.385. The Morgan fingerprint density at radius 3 is 2.60 bits per heavy atom. The van der Waals surface area contributed by atoms with Gasteiger partial charge in [-0.25, -0.2) is 4.39 Å². The predicted octanol–water partition coefficient (Wildman–Crippen LogP) is 3.34. The molecule has 1 aliphatic rings. The van der Waals surface area contributed by atoms with Gasteiger partial charge in [-0.3, -0.25) is 0 Å². The molecule has 2 N–H and O–H groups in total. The van der Waals surface area contributed by atoms with Crippen molar-refractivity contribution in [1.82, 2.24) is 0 Å². The van der Waals surface area contributed by atoms with Crippen LogP contribution in [-0.4, -0.2) is 11.5 Å². The minimum atomic E-state index is -4.65. The second kappa shape index (κ2) is 5.22. The standard InChI is InChI=1S/C13H13F4N3/c1-2-7-5-11(18)19-20-12(7)9-4-3-8(14)6-10(9)13(15,16)17/h3-4,6-7H,2,5H2,1H3,(H2,18,19). The largest absolute Gasteiger partial charge is 0.417 e. The number of rotatable bonds is 2. The molecule has 0 saturated carbocycles. The highest BCUT2D eigenvalue weighted by Crippen LogP contribution is 2.35. The number of nitrogens with two attached hydrogens (primary N) is 1. The zero-order chi connectivity index (χ0) is 14.9. The van der Waals surface area contributed by atoms with E-state index in [1.54, 1.807) is 0 Å². The Balaban J connectivity index is 2.57. The van der Waals surface area contributed by atoms with Crippen molar-refractivity contribution in [2.75, 3.05) is 0 Å². The first-order chi connectivity index (χ1) is 9.32. The van der Waals surface area contributed by atoms with E-state index in [1.807, 2.05) is 6.92 Å². The third-order valence-corrected chi connectivity index (χ3v) is 3.18. The van der Waals surface area contributed by atoms with E-state index in [0.717, 1.165) is 12.1 Å². The van der Waals surface area contributed by atoms with Crippen molar-refractivity contribution in [3.05, 3.63) is 35.1 Å². The molecule has 20 heavy (non-hydrogen) atoms. The molecule has 1 aliphatic heterocycles. The first-order valence-electron chi connectivity index (χ1n) is 6.10. The lowest BCUT2D eigenvalue weighted by atomic mass is 9.88. The van der Waals surface area contributed by atoms with E-state index >= 15 is 0 Å². The SMILES string of the molecule is CCC1CC(N)=NN=C1c1ccc(F)cc1C(F)(F)F. The maximum Gasteiger partial charge on any atom is 0.417 e. The van der Waals surface area contributed by atoms with E-state index in [0.29, 0.717) is 18.9 Å². The summed E-state index contributed by atoms with van der Waals surface area (Å²) in [4.78, 5) is 0. The molecular formula is C13H13F4N3. The van der Waals surface area contributed by atoms with Gasteiger partial charge in [0, 0.05) is 17.9 Å². The van der Waals surface area contributed by atoms with Crippen LogP contribution in [0, 0.1) is 11.7 Å². The van der Waals surface area contributed by atoms with Gasteiger partial charge in [-0.2, -0.15) is 18.3 Å². The molecule has 1 atom stereocenters. The number of hydrogen-bond donors (Lipinski definition) is 1. The average Bonchev–Trinajstić information content (AvgIpc) is 2.38. The van der Waals surface area contributed by atoms with Gasteiger partial charge in [-0.05, 0) is 24.6 Å². The van der Waals surface area contributed by atoms with E-state index < -0.39 is 17.6 Å². The van der Waals surface area contributed by atoms with Gasteiger partial charge in [-0.1, -0.05) is 6.92 Å². The van der Waals surface area contributed by atoms with Crippen molar-refractivity contribution in [3.63, 3.8) is 0 Å². The topological polar surface area (TPSA) is 50.7 Å². The fourth-order valence-corrected chi connectivity index (χ4v) is 2.18. The number of benzene rings is 1. The molecule has 108 valence electrons. The maximum absolute atomic E-state index is 13.1. The summed E-state index contributed by atoms with van der Waals surface area (Å²) in [7, 11) is 0. The third-order valence-electron chi connectivity index (χ3n) is 3.18. The number of alkyl halides is 3. The van der Waals surface area contributed by atoms with Crippen LogP contribution in [0.2, 0.25) is 0 Å². The second-order valence-corrected chi connectivity index (χ2v) is 4.57. The predicted molar refractivity (Wildman–Crippen MR) is 68.0 cm³/mol. The van der Waals surface area contributed by atoms with Gasteiger partial charge < -0.3 is 5.73 Å². The highest BCUT2D eigenvalue weighted by molar-refractivity contribution is 6.06. The molecule has 3 nitrogen and oxygen atoms in total. The summed E-state index contributed by atoms with van der Waals surface area (Å²) >= 11 is 0. The van der Waals surface area contributed by atoms with Gasteiger partial charge >= 0.3 is 6.18 Å². The lowest BCUT2D eigenvalue weighted by molar-refractivity contribution is -0.137. The molecule has 0 amide bonds. The number of halogens is 4. The van der Waals surface area contributed by atoms with Crippen LogP contribution in [0.5, 0.6) is 0 Å². The summed E-state index contributed by atoms with van der Waals surface area (Å²) in [6, 6.07) is 2.56. The zero-order valence-corrected chi connectivity index (χ0v) is 10.7. The van der Waals surface area contributed by atoms with Gasteiger partial charge in [-0.15, -0.1) is 5.10 Å². The third kappa shape index (κ3) is 2.81. The van der Waals surface area contributed by atoms with Crippen molar-refractivity contribution in [3.8, 4) is 0 Å². The summed E-state index contributed by atoms with van der Waals surface area (Å²) < 4.78 is 52.1. The summed E-state index contributed by atoms with van der Waals surface area (Å²) in [5, 5.41) is 7.45. The van der Waals surface area contributed by atoms with Crippen molar-refractivity contribution >= 4 is 11.5 Å². The van der Waals surface area contributed by atoms with E-state index in [-0.39, 0.29) is 23.0 Å². The minimum absolute atomic E-state index is 0.137. The van der Waals surface area contributed by atoms with Crippen LogP contribution in [0.1, 0.15) is 30.9 Å². The molecule has 0 fully saturated rings. The highest BCUT2D eigenvalue weighted by Gasteiger charge is 2.36. The summed E-state index contributed by atoms with van der Waals surface area (Å²) in [5.41, 5.74) is 4.58. The smallest absolute Gasteiger partial charge is 0.386 e. The molecule has 0 saturated heterocycles.